The predicted molar refractivity (Wildman–Crippen MR) is 53.6 cm³/mol. The van der Waals surface area contributed by atoms with Crippen molar-refractivity contribution in [3.05, 3.63) is 35.4 Å². The predicted octanol–water partition coefficient (Wildman–Crippen LogP) is 3.45. The van der Waals surface area contributed by atoms with E-state index >= 15 is 0 Å². The van der Waals surface area contributed by atoms with Crippen molar-refractivity contribution in [3.8, 4) is 0 Å². The van der Waals surface area contributed by atoms with E-state index < -0.39 is 24.0 Å². The van der Waals surface area contributed by atoms with Crippen molar-refractivity contribution in [1.82, 2.24) is 0 Å². The van der Waals surface area contributed by atoms with Gasteiger partial charge < -0.3 is 5.73 Å². The van der Waals surface area contributed by atoms with Gasteiger partial charge in [0.25, 0.3) is 0 Å². The SMILES string of the molecule is CC(N)CC(F)c1ccccc1C(F)(F)F. The summed E-state index contributed by atoms with van der Waals surface area (Å²) in [5.74, 6) is 0. The molecule has 1 rings (SSSR count). The van der Waals surface area contributed by atoms with Crippen molar-refractivity contribution in [2.45, 2.75) is 31.7 Å². The Bertz CT molecular complexity index is 346. The number of hydrogen-bond donors (Lipinski definition) is 1. The lowest BCUT2D eigenvalue weighted by molar-refractivity contribution is -0.138. The molecule has 5 heteroatoms. The summed E-state index contributed by atoms with van der Waals surface area (Å²) in [6.07, 6.45) is -6.33. The van der Waals surface area contributed by atoms with E-state index in [9.17, 15) is 17.6 Å². The summed E-state index contributed by atoms with van der Waals surface area (Å²) < 4.78 is 51.2. The second-order valence-corrected chi connectivity index (χ2v) is 3.77. The fourth-order valence-electron chi connectivity index (χ4n) is 1.48. The van der Waals surface area contributed by atoms with Crippen molar-refractivity contribution in [1.29, 1.82) is 0 Å². The molecular weight excluding hydrogens is 222 g/mol. The van der Waals surface area contributed by atoms with Gasteiger partial charge in [0.1, 0.15) is 6.17 Å². The molecule has 0 spiro atoms. The van der Waals surface area contributed by atoms with Crippen molar-refractivity contribution in [3.63, 3.8) is 0 Å². The zero-order valence-electron chi connectivity index (χ0n) is 8.76. The van der Waals surface area contributed by atoms with Gasteiger partial charge in [-0.15, -0.1) is 0 Å². The minimum absolute atomic E-state index is 0.118. The van der Waals surface area contributed by atoms with Gasteiger partial charge >= 0.3 is 6.18 Å². The van der Waals surface area contributed by atoms with Crippen molar-refractivity contribution in [2.24, 2.45) is 5.73 Å². The van der Waals surface area contributed by atoms with E-state index in [4.69, 9.17) is 5.73 Å². The molecule has 0 aliphatic carbocycles. The third-order valence-corrected chi connectivity index (χ3v) is 2.18. The highest BCUT2D eigenvalue weighted by molar-refractivity contribution is 5.31. The first-order valence-corrected chi connectivity index (χ1v) is 4.88. The summed E-state index contributed by atoms with van der Waals surface area (Å²) in [7, 11) is 0. The van der Waals surface area contributed by atoms with Crippen LogP contribution in [0.3, 0.4) is 0 Å². The Morgan fingerprint density at radius 2 is 1.81 bits per heavy atom. The highest BCUT2D eigenvalue weighted by Crippen LogP contribution is 2.36. The van der Waals surface area contributed by atoms with Crippen LogP contribution in [0.4, 0.5) is 17.6 Å². The van der Waals surface area contributed by atoms with Crippen LogP contribution in [0.5, 0.6) is 0 Å². The van der Waals surface area contributed by atoms with Crippen LogP contribution in [0.2, 0.25) is 0 Å². The largest absolute Gasteiger partial charge is 0.416 e. The Labute approximate surface area is 91.3 Å². The second kappa shape index (κ2) is 4.82. The molecule has 0 amide bonds. The van der Waals surface area contributed by atoms with Crippen LogP contribution in [0.15, 0.2) is 24.3 Å². The second-order valence-electron chi connectivity index (χ2n) is 3.77. The first-order chi connectivity index (χ1) is 7.32. The molecule has 2 N–H and O–H groups in total. The third-order valence-electron chi connectivity index (χ3n) is 2.18. The van der Waals surface area contributed by atoms with Crippen molar-refractivity contribution >= 4 is 0 Å². The van der Waals surface area contributed by atoms with E-state index in [0.29, 0.717) is 0 Å². The normalized spacial score (nSPS) is 15.9. The maximum atomic E-state index is 13.6. The number of hydrogen-bond acceptors (Lipinski definition) is 1. The van der Waals surface area contributed by atoms with Gasteiger partial charge in [0.15, 0.2) is 0 Å². The van der Waals surface area contributed by atoms with Crippen LogP contribution >= 0.6 is 0 Å². The minimum atomic E-state index is -4.53. The molecule has 0 aromatic heterocycles. The average Bonchev–Trinajstić information content (AvgIpc) is 2.15. The molecule has 0 aliphatic heterocycles. The van der Waals surface area contributed by atoms with E-state index in [-0.39, 0.29) is 12.0 Å². The molecule has 90 valence electrons. The maximum Gasteiger partial charge on any atom is 0.416 e. The van der Waals surface area contributed by atoms with Crippen LogP contribution < -0.4 is 5.73 Å². The average molecular weight is 235 g/mol. The van der Waals surface area contributed by atoms with Gasteiger partial charge in [-0.05, 0) is 25.0 Å². The van der Waals surface area contributed by atoms with E-state index in [2.05, 4.69) is 0 Å². The Morgan fingerprint density at radius 1 is 1.25 bits per heavy atom. The van der Waals surface area contributed by atoms with E-state index in [1.165, 1.54) is 12.1 Å². The molecule has 0 aliphatic rings. The Balaban J connectivity index is 3.04. The molecule has 16 heavy (non-hydrogen) atoms. The smallest absolute Gasteiger partial charge is 0.328 e. The fourth-order valence-corrected chi connectivity index (χ4v) is 1.48. The zero-order valence-corrected chi connectivity index (χ0v) is 8.76. The summed E-state index contributed by atoms with van der Waals surface area (Å²) in [6.45, 7) is 1.56. The number of halogens is 4. The van der Waals surface area contributed by atoms with Crippen LogP contribution in [-0.2, 0) is 6.18 Å². The first-order valence-electron chi connectivity index (χ1n) is 4.88. The molecule has 1 nitrogen and oxygen atoms in total. The van der Waals surface area contributed by atoms with Gasteiger partial charge in [-0.25, -0.2) is 4.39 Å². The van der Waals surface area contributed by atoms with Crippen molar-refractivity contribution in [2.75, 3.05) is 0 Å². The van der Waals surface area contributed by atoms with Gasteiger partial charge in [0.2, 0.25) is 0 Å². The molecule has 0 fully saturated rings. The molecule has 2 unspecified atom stereocenters. The summed E-state index contributed by atoms with van der Waals surface area (Å²) in [4.78, 5) is 0. The van der Waals surface area contributed by atoms with Gasteiger partial charge in [-0.2, -0.15) is 13.2 Å². The Kier molecular flexibility index (Phi) is 3.91. The number of nitrogens with two attached hydrogens (primary N) is 1. The van der Waals surface area contributed by atoms with Crippen LogP contribution in [0.1, 0.15) is 30.6 Å². The van der Waals surface area contributed by atoms with E-state index in [0.717, 1.165) is 12.1 Å². The number of alkyl halides is 4. The molecule has 0 saturated heterocycles. The highest BCUT2D eigenvalue weighted by atomic mass is 19.4. The van der Waals surface area contributed by atoms with Crippen LogP contribution in [0, 0.1) is 0 Å². The lowest BCUT2D eigenvalue weighted by atomic mass is 9.99. The van der Waals surface area contributed by atoms with Gasteiger partial charge in [-0.1, -0.05) is 18.2 Å². The van der Waals surface area contributed by atoms with Crippen LogP contribution in [-0.4, -0.2) is 6.04 Å². The van der Waals surface area contributed by atoms with E-state index in [1.54, 1.807) is 6.92 Å². The standard InChI is InChI=1S/C11H13F4N/c1-7(16)6-10(12)8-4-2-3-5-9(8)11(13,14)15/h2-5,7,10H,6,16H2,1H3. The number of rotatable bonds is 3. The van der Waals surface area contributed by atoms with Crippen LogP contribution in [0.25, 0.3) is 0 Å². The molecule has 1 aromatic rings. The summed E-state index contributed by atoms with van der Waals surface area (Å²) >= 11 is 0. The lowest BCUT2D eigenvalue weighted by Gasteiger charge is -2.17. The maximum absolute atomic E-state index is 13.6. The monoisotopic (exact) mass is 235 g/mol. The van der Waals surface area contributed by atoms with Crippen molar-refractivity contribution < 1.29 is 17.6 Å². The zero-order chi connectivity index (χ0) is 12.3. The topological polar surface area (TPSA) is 26.0 Å². The Morgan fingerprint density at radius 3 is 2.31 bits per heavy atom. The Hall–Kier alpha value is -1.10. The molecular formula is C11H13F4N. The highest BCUT2D eigenvalue weighted by Gasteiger charge is 2.35. The van der Waals surface area contributed by atoms with Gasteiger partial charge in [0.05, 0.1) is 5.56 Å². The first kappa shape index (κ1) is 13.0. The molecule has 0 heterocycles. The summed E-state index contributed by atoms with van der Waals surface area (Å²) in [5, 5.41) is 0. The van der Waals surface area contributed by atoms with Gasteiger partial charge in [-0.3, -0.25) is 0 Å². The van der Waals surface area contributed by atoms with Gasteiger partial charge in [0, 0.05) is 6.04 Å². The fraction of sp³-hybridized carbons (Fsp3) is 0.455. The molecule has 0 radical (unpaired) electrons. The number of benzene rings is 1. The summed E-state index contributed by atoms with van der Waals surface area (Å²) in [6, 6.07) is 4.18. The lowest BCUT2D eigenvalue weighted by Crippen LogP contribution is -2.19. The minimum Gasteiger partial charge on any atom is -0.328 e. The quantitative estimate of drug-likeness (QED) is 0.798. The molecule has 0 bridgehead atoms. The third kappa shape index (κ3) is 3.20. The molecule has 2 atom stereocenters. The van der Waals surface area contributed by atoms with E-state index in [1.807, 2.05) is 0 Å². The molecule has 1 aromatic carbocycles. The summed E-state index contributed by atoms with van der Waals surface area (Å²) in [5.41, 5.74) is 4.10. The molecule has 0 saturated carbocycles.